The Balaban J connectivity index is 1.94. The van der Waals surface area contributed by atoms with E-state index in [1.807, 2.05) is 6.07 Å². The van der Waals surface area contributed by atoms with Crippen LogP contribution in [0.5, 0.6) is 0 Å². The maximum atomic E-state index is 13.0. The van der Waals surface area contributed by atoms with Crippen molar-refractivity contribution in [2.45, 2.75) is 13.3 Å². The normalized spacial score (nSPS) is 10.3. The van der Waals surface area contributed by atoms with Gasteiger partial charge in [-0.2, -0.15) is 0 Å². The molecule has 4 nitrogen and oxygen atoms in total. The van der Waals surface area contributed by atoms with Crippen molar-refractivity contribution in [2.24, 2.45) is 0 Å². The second-order valence-corrected chi connectivity index (χ2v) is 4.44. The summed E-state index contributed by atoms with van der Waals surface area (Å²) in [5.74, 6) is -0.618. The van der Waals surface area contributed by atoms with Crippen LogP contribution in [0.4, 0.5) is 10.2 Å². The third kappa shape index (κ3) is 3.54. The zero-order valence-electron chi connectivity index (χ0n) is 11.1. The van der Waals surface area contributed by atoms with Gasteiger partial charge in [0, 0.05) is 6.54 Å². The molecule has 5 heteroatoms. The molecule has 0 aliphatic carbocycles. The molecule has 104 valence electrons. The Labute approximate surface area is 116 Å². The van der Waals surface area contributed by atoms with Gasteiger partial charge in [0.2, 0.25) is 0 Å². The van der Waals surface area contributed by atoms with E-state index >= 15 is 0 Å². The van der Waals surface area contributed by atoms with E-state index in [0.717, 1.165) is 5.56 Å². The number of carboxylic acid groups (broad SMARTS) is 1. The fraction of sp³-hybridized carbons (Fsp3) is 0.200. The molecular weight excluding hydrogens is 259 g/mol. The molecule has 2 aromatic rings. The lowest BCUT2D eigenvalue weighted by molar-refractivity contribution is 0.0695. The summed E-state index contributed by atoms with van der Waals surface area (Å²) in [6.45, 7) is 2.25. The van der Waals surface area contributed by atoms with Crippen LogP contribution >= 0.6 is 0 Å². The number of halogens is 1. The Kier molecular flexibility index (Phi) is 4.30. The highest BCUT2D eigenvalue weighted by Crippen LogP contribution is 2.11. The third-order valence-corrected chi connectivity index (χ3v) is 2.93. The highest BCUT2D eigenvalue weighted by molar-refractivity contribution is 5.89. The van der Waals surface area contributed by atoms with Gasteiger partial charge in [-0.3, -0.25) is 0 Å². The van der Waals surface area contributed by atoms with Gasteiger partial charge in [0.1, 0.15) is 11.6 Å². The van der Waals surface area contributed by atoms with E-state index < -0.39 is 5.97 Å². The van der Waals surface area contributed by atoms with Crippen molar-refractivity contribution in [1.29, 1.82) is 0 Å². The Morgan fingerprint density at radius 3 is 2.80 bits per heavy atom. The summed E-state index contributed by atoms with van der Waals surface area (Å²) < 4.78 is 13.0. The minimum absolute atomic E-state index is 0.195. The summed E-state index contributed by atoms with van der Waals surface area (Å²) in [6.07, 6.45) is 0.666. The van der Waals surface area contributed by atoms with Crippen LogP contribution in [0.2, 0.25) is 0 Å². The van der Waals surface area contributed by atoms with Crippen LogP contribution in [0.25, 0.3) is 0 Å². The van der Waals surface area contributed by atoms with Crippen molar-refractivity contribution in [3.8, 4) is 0 Å². The smallest absolute Gasteiger partial charge is 0.337 e. The Bertz CT molecular complexity index is 629. The zero-order chi connectivity index (χ0) is 14.5. The molecule has 1 aromatic heterocycles. The lowest BCUT2D eigenvalue weighted by Crippen LogP contribution is -2.09. The van der Waals surface area contributed by atoms with E-state index in [2.05, 4.69) is 10.3 Å². The second kappa shape index (κ2) is 6.14. The van der Waals surface area contributed by atoms with Crippen LogP contribution < -0.4 is 5.32 Å². The standard InChI is InChI=1S/C15H15FN2O2/c1-10-13(15(19)20)5-6-14(18-10)17-8-7-11-3-2-4-12(16)9-11/h2-6,9H,7-8H2,1H3,(H,17,18)(H,19,20). The fourth-order valence-corrected chi connectivity index (χ4v) is 1.91. The molecule has 0 radical (unpaired) electrons. The van der Waals surface area contributed by atoms with Crippen molar-refractivity contribution in [1.82, 2.24) is 4.98 Å². The number of anilines is 1. The average Bonchev–Trinajstić information content (AvgIpc) is 2.38. The molecule has 0 amide bonds. The topological polar surface area (TPSA) is 62.2 Å². The maximum absolute atomic E-state index is 13.0. The molecule has 0 bridgehead atoms. The zero-order valence-corrected chi connectivity index (χ0v) is 11.1. The number of aryl methyl sites for hydroxylation is 1. The van der Waals surface area contributed by atoms with Gasteiger partial charge in [0.05, 0.1) is 11.3 Å². The van der Waals surface area contributed by atoms with Crippen LogP contribution in [0.1, 0.15) is 21.6 Å². The number of carbonyl (C=O) groups is 1. The highest BCUT2D eigenvalue weighted by Gasteiger charge is 2.08. The number of carboxylic acids is 1. The number of benzene rings is 1. The molecule has 0 unspecified atom stereocenters. The molecule has 2 N–H and O–H groups in total. The van der Waals surface area contributed by atoms with Crippen molar-refractivity contribution in [2.75, 3.05) is 11.9 Å². The third-order valence-electron chi connectivity index (χ3n) is 2.93. The van der Waals surface area contributed by atoms with Gasteiger partial charge in [0.15, 0.2) is 0 Å². The number of aromatic carboxylic acids is 1. The van der Waals surface area contributed by atoms with E-state index in [4.69, 9.17) is 5.11 Å². The fourth-order valence-electron chi connectivity index (χ4n) is 1.91. The van der Waals surface area contributed by atoms with Crippen molar-refractivity contribution < 1.29 is 14.3 Å². The molecule has 2 rings (SSSR count). The van der Waals surface area contributed by atoms with E-state index in [1.54, 1.807) is 19.1 Å². The summed E-state index contributed by atoms with van der Waals surface area (Å²) in [7, 11) is 0. The first-order chi connectivity index (χ1) is 9.56. The monoisotopic (exact) mass is 274 g/mol. The minimum Gasteiger partial charge on any atom is -0.478 e. The Hall–Kier alpha value is -2.43. The summed E-state index contributed by atoms with van der Waals surface area (Å²) in [5.41, 5.74) is 1.56. The average molecular weight is 274 g/mol. The first-order valence-electron chi connectivity index (χ1n) is 6.25. The van der Waals surface area contributed by atoms with E-state index in [9.17, 15) is 9.18 Å². The summed E-state index contributed by atoms with van der Waals surface area (Å²) in [5, 5.41) is 12.0. The van der Waals surface area contributed by atoms with Gasteiger partial charge in [-0.05, 0) is 43.2 Å². The van der Waals surface area contributed by atoms with Gasteiger partial charge in [-0.25, -0.2) is 14.2 Å². The van der Waals surface area contributed by atoms with Crippen LogP contribution in [-0.4, -0.2) is 22.6 Å². The van der Waals surface area contributed by atoms with Gasteiger partial charge < -0.3 is 10.4 Å². The largest absolute Gasteiger partial charge is 0.478 e. The number of hydrogen-bond donors (Lipinski definition) is 2. The molecule has 0 fully saturated rings. The van der Waals surface area contributed by atoms with Crippen molar-refractivity contribution >= 4 is 11.8 Å². The second-order valence-electron chi connectivity index (χ2n) is 4.44. The molecule has 0 aliphatic heterocycles. The lowest BCUT2D eigenvalue weighted by Gasteiger charge is -2.08. The molecule has 0 spiro atoms. The lowest BCUT2D eigenvalue weighted by atomic mass is 10.1. The first-order valence-corrected chi connectivity index (χ1v) is 6.25. The molecule has 0 atom stereocenters. The molecule has 0 aliphatic rings. The van der Waals surface area contributed by atoms with Gasteiger partial charge in [-0.1, -0.05) is 12.1 Å². The summed E-state index contributed by atoms with van der Waals surface area (Å²) in [6, 6.07) is 9.59. The molecule has 0 saturated heterocycles. The van der Waals surface area contributed by atoms with Crippen LogP contribution in [0.15, 0.2) is 36.4 Å². The van der Waals surface area contributed by atoms with Crippen LogP contribution in [-0.2, 0) is 6.42 Å². The van der Waals surface area contributed by atoms with E-state index in [0.29, 0.717) is 24.5 Å². The van der Waals surface area contributed by atoms with Gasteiger partial charge >= 0.3 is 5.97 Å². The SMILES string of the molecule is Cc1nc(NCCc2cccc(F)c2)ccc1C(=O)O. The number of nitrogens with one attached hydrogen (secondary N) is 1. The number of hydrogen-bond acceptors (Lipinski definition) is 3. The van der Waals surface area contributed by atoms with Crippen LogP contribution in [0.3, 0.4) is 0 Å². The summed E-state index contributed by atoms with van der Waals surface area (Å²) >= 11 is 0. The minimum atomic E-state index is -0.985. The van der Waals surface area contributed by atoms with E-state index in [1.165, 1.54) is 18.2 Å². The molecule has 1 heterocycles. The Morgan fingerprint density at radius 1 is 1.35 bits per heavy atom. The van der Waals surface area contributed by atoms with Gasteiger partial charge in [0.25, 0.3) is 0 Å². The molecule has 0 saturated carbocycles. The van der Waals surface area contributed by atoms with Crippen molar-refractivity contribution in [3.63, 3.8) is 0 Å². The first kappa shape index (κ1) is 14.0. The number of aromatic nitrogens is 1. The van der Waals surface area contributed by atoms with E-state index in [-0.39, 0.29) is 11.4 Å². The molecular formula is C15H15FN2O2. The number of pyridine rings is 1. The maximum Gasteiger partial charge on any atom is 0.337 e. The number of nitrogens with zero attached hydrogens (tertiary/aromatic N) is 1. The van der Waals surface area contributed by atoms with Crippen LogP contribution in [0, 0.1) is 12.7 Å². The summed E-state index contributed by atoms with van der Waals surface area (Å²) in [4.78, 5) is 15.0. The number of rotatable bonds is 5. The predicted molar refractivity (Wildman–Crippen MR) is 74.5 cm³/mol. The van der Waals surface area contributed by atoms with Gasteiger partial charge in [-0.15, -0.1) is 0 Å². The van der Waals surface area contributed by atoms with Crippen molar-refractivity contribution in [3.05, 3.63) is 59.0 Å². The molecule has 20 heavy (non-hydrogen) atoms. The highest BCUT2D eigenvalue weighted by atomic mass is 19.1. The molecule has 1 aromatic carbocycles. The quantitative estimate of drug-likeness (QED) is 0.880. The Morgan fingerprint density at radius 2 is 2.15 bits per heavy atom. The predicted octanol–water partition coefficient (Wildman–Crippen LogP) is 2.88.